The first-order chi connectivity index (χ1) is 13.1. The van der Waals surface area contributed by atoms with Crippen LogP contribution in [0.25, 0.3) is 11.1 Å². The van der Waals surface area contributed by atoms with Crippen LogP contribution in [0.3, 0.4) is 0 Å². The Balaban J connectivity index is 1.52. The van der Waals surface area contributed by atoms with Crippen LogP contribution in [-0.4, -0.2) is 17.5 Å². The van der Waals surface area contributed by atoms with Crippen LogP contribution in [0, 0.1) is 10.1 Å². The number of hydrogen-bond donors (Lipinski definition) is 0. The number of carbonyl (C=O) groups excluding carboxylic acids is 1. The van der Waals surface area contributed by atoms with Crippen LogP contribution in [0.2, 0.25) is 0 Å². The van der Waals surface area contributed by atoms with E-state index in [-0.39, 0.29) is 11.4 Å². The minimum absolute atomic E-state index is 0.0340. The average Bonchev–Trinajstić information content (AvgIpc) is 3.01. The van der Waals surface area contributed by atoms with Gasteiger partial charge in [0.2, 0.25) is 0 Å². The number of benzene rings is 3. The van der Waals surface area contributed by atoms with E-state index in [9.17, 15) is 14.9 Å². The molecule has 1 aliphatic carbocycles. The van der Waals surface area contributed by atoms with Crippen molar-refractivity contribution in [1.82, 2.24) is 0 Å². The molecule has 0 fully saturated rings. The van der Waals surface area contributed by atoms with Gasteiger partial charge in [0.05, 0.1) is 4.92 Å². The first-order valence-electron chi connectivity index (χ1n) is 8.39. The quantitative estimate of drug-likeness (QED) is 0.385. The van der Waals surface area contributed by atoms with E-state index in [1.807, 2.05) is 48.5 Å². The van der Waals surface area contributed by atoms with Crippen molar-refractivity contribution in [1.29, 1.82) is 0 Å². The molecule has 134 valence electrons. The molecule has 0 radical (unpaired) electrons. The summed E-state index contributed by atoms with van der Waals surface area (Å²) in [5.41, 5.74) is 3.70. The maximum Gasteiger partial charge on any atom is 0.345 e. The lowest BCUT2D eigenvalue weighted by molar-refractivity contribution is -0.385. The summed E-state index contributed by atoms with van der Waals surface area (Å²) in [6.07, 6.45) is -0.515. The van der Waals surface area contributed by atoms with Gasteiger partial charge in [0.15, 0.2) is 18.5 Å². The molecule has 3 aromatic carbocycles. The highest BCUT2D eigenvalue weighted by atomic mass is 16.6. The van der Waals surface area contributed by atoms with Crippen LogP contribution in [0.4, 0.5) is 5.69 Å². The minimum atomic E-state index is -0.593. The summed E-state index contributed by atoms with van der Waals surface area (Å²) in [4.78, 5) is 22.8. The zero-order chi connectivity index (χ0) is 18.8. The molecule has 0 amide bonds. The summed E-state index contributed by atoms with van der Waals surface area (Å²) in [6, 6.07) is 21.4. The van der Waals surface area contributed by atoms with E-state index >= 15 is 0 Å². The van der Waals surface area contributed by atoms with E-state index in [1.54, 1.807) is 6.07 Å². The van der Waals surface area contributed by atoms with Gasteiger partial charge in [-0.3, -0.25) is 10.1 Å². The van der Waals surface area contributed by atoms with Gasteiger partial charge in [-0.1, -0.05) is 60.7 Å². The number of nitro groups is 1. The van der Waals surface area contributed by atoms with Crippen molar-refractivity contribution in [2.24, 2.45) is 0 Å². The molecule has 0 aliphatic heterocycles. The Labute approximate surface area is 155 Å². The van der Waals surface area contributed by atoms with E-state index in [0.29, 0.717) is 0 Å². The van der Waals surface area contributed by atoms with Crippen molar-refractivity contribution in [3.8, 4) is 16.9 Å². The highest BCUT2D eigenvalue weighted by Crippen LogP contribution is 2.45. The maximum atomic E-state index is 12.4. The third-order valence-electron chi connectivity index (χ3n) is 4.43. The number of para-hydroxylation sites is 2. The van der Waals surface area contributed by atoms with E-state index in [1.165, 1.54) is 18.2 Å². The Hall–Kier alpha value is -3.67. The molecule has 0 saturated carbocycles. The normalized spacial score (nSPS) is 12.1. The van der Waals surface area contributed by atoms with Crippen molar-refractivity contribution in [2.75, 3.05) is 6.61 Å². The number of ether oxygens (including phenoxy) is 2. The summed E-state index contributed by atoms with van der Waals surface area (Å²) in [7, 11) is 0. The molecule has 0 heterocycles. The van der Waals surface area contributed by atoms with Gasteiger partial charge in [0.25, 0.3) is 0 Å². The third kappa shape index (κ3) is 3.13. The molecule has 4 rings (SSSR count). The Morgan fingerprint density at radius 3 is 2.07 bits per heavy atom. The number of esters is 1. The van der Waals surface area contributed by atoms with Gasteiger partial charge in [0, 0.05) is 17.2 Å². The number of hydrogen-bond acceptors (Lipinski definition) is 5. The molecule has 0 bridgehead atoms. The summed E-state index contributed by atoms with van der Waals surface area (Å²) in [5.74, 6) is -0.559. The van der Waals surface area contributed by atoms with E-state index in [0.717, 1.165) is 22.3 Å². The minimum Gasteiger partial charge on any atom is -0.475 e. The van der Waals surface area contributed by atoms with Gasteiger partial charge in [-0.2, -0.15) is 0 Å². The second-order valence-corrected chi connectivity index (χ2v) is 6.06. The summed E-state index contributed by atoms with van der Waals surface area (Å²) < 4.78 is 11.0. The highest BCUT2D eigenvalue weighted by Gasteiger charge is 2.31. The Bertz CT molecular complexity index is 985. The molecule has 6 heteroatoms. The predicted molar refractivity (Wildman–Crippen MR) is 98.4 cm³/mol. The molecular weight excluding hydrogens is 346 g/mol. The van der Waals surface area contributed by atoms with E-state index in [4.69, 9.17) is 9.47 Å². The first kappa shape index (κ1) is 16.8. The van der Waals surface area contributed by atoms with Gasteiger partial charge >= 0.3 is 11.7 Å². The zero-order valence-corrected chi connectivity index (χ0v) is 14.2. The lowest BCUT2D eigenvalue weighted by Crippen LogP contribution is -2.18. The van der Waals surface area contributed by atoms with Crippen molar-refractivity contribution >= 4 is 11.7 Å². The first-order valence-corrected chi connectivity index (χ1v) is 8.39. The topological polar surface area (TPSA) is 78.7 Å². The molecule has 6 nitrogen and oxygen atoms in total. The SMILES string of the molecule is O=C(COc1ccccc1[N+](=O)[O-])OC1c2ccccc2-c2ccccc21. The third-order valence-corrected chi connectivity index (χ3v) is 4.43. The molecule has 1 aliphatic rings. The fraction of sp³-hybridized carbons (Fsp3) is 0.0952. The average molecular weight is 361 g/mol. The molecule has 0 saturated heterocycles. The maximum absolute atomic E-state index is 12.4. The van der Waals surface area contributed by atoms with Crippen LogP contribution in [0.5, 0.6) is 5.75 Å². The Kier molecular flexibility index (Phi) is 4.30. The van der Waals surface area contributed by atoms with Gasteiger partial charge in [-0.05, 0) is 17.2 Å². The molecule has 0 atom stereocenters. The van der Waals surface area contributed by atoms with Crippen LogP contribution in [0.1, 0.15) is 17.2 Å². The zero-order valence-electron chi connectivity index (χ0n) is 14.2. The van der Waals surface area contributed by atoms with Crippen molar-refractivity contribution in [2.45, 2.75) is 6.10 Å². The number of fused-ring (bicyclic) bond motifs is 3. The van der Waals surface area contributed by atoms with Crippen LogP contribution in [-0.2, 0) is 9.53 Å². The largest absolute Gasteiger partial charge is 0.475 e. The van der Waals surface area contributed by atoms with E-state index < -0.39 is 23.6 Å². The monoisotopic (exact) mass is 361 g/mol. The number of carbonyl (C=O) groups is 1. The van der Waals surface area contributed by atoms with Crippen molar-refractivity contribution in [3.05, 3.63) is 94.0 Å². The Morgan fingerprint density at radius 1 is 0.889 bits per heavy atom. The van der Waals surface area contributed by atoms with Crippen LogP contribution < -0.4 is 4.74 Å². The smallest absolute Gasteiger partial charge is 0.345 e. The van der Waals surface area contributed by atoms with Crippen LogP contribution >= 0.6 is 0 Å². The molecule has 0 N–H and O–H groups in total. The number of nitrogens with zero attached hydrogens (tertiary/aromatic N) is 1. The predicted octanol–water partition coefficient (Wildman–Crippen LogP) is 4.29. The van der Waals surface area contributed by atoms with Gasteiger partial charge in [-0.25, -0.2) is 4.79 Å². The molecule has 0 aromatic heterocycles. The molecular formula is C21H15NO5. The second-order valence-electron chi connectivity index (χ2n) is 6.06. The summed E-state index contributed by atoms with van der Waals surface area (Å²) in [5, 5.41) is 11.0. The molecule has 0 spiro atoms. The van der Waals surface area contributed by atoms with Crippen molar-refractivity contribution < 1.29 is 19.2 Å². The van der Waals surface area contributed by atoms with Gasteiger partial charge in [-0.15, -0.1) is 0 Å². The second kappa shape index (κ2) is 6.92. The molecule has 0 unspecified atom stereocenters. The number of nitro benzene ring substituents is 1. The fourth-order valence-corrected chi connectivity index (χ4v) is 3.27. The molecule has 3 aromatic rings. The lowest BCUT2D eigenvalue weighted by Gasteiger charge is -2.15. The van der Waals surface area contributed by atoms with E-state index in [2.05, 4.69) is 0 Å². The molecule has 27 heavy (non-hydrogen) atoms. The summed E-state index contributed by atoms with van der Waals surface area (Å²) in [6.45, 7) is -0.411. The summed E-state index contributed by atoms with van der Waals surface area (Å²) >= 11 is 0. The number of rotatable bonds is 5. The van der Waals surface area contributed by atoms with Gasteiger partial charge < -0.3 is 9.47 Å². The highest BCUT2D eigenvalue weighted by molar-refractivity contribution is 5.80. The van der Waals surface area contributed by atoms with Crippen molar-refractivity contribution in [3.63, 3.8) is 0 Å². The lowest BCUT2D eigenvalue weighted by atomic mass is 10.1. The fourth-order valence-electron chi connectivity index (χ4n) is 3.27. The Morgan fingerprint density at radius 2 is 1.44 bits per heavy atom. The van der Waals surface area contributed by atoms with Gasteiger partial charge in [0.1, 0.15) is 0 Å². The standard InChI is InChI=1S/C21H15NO5/c23-20(13-26-19-12-6-5-11-18(19)22(24)25)27-21-16-9-3-1-7-14(16)15-8-2-4-10-17(15)21/h1-12,21H,13H2. The van der Waals surface area contributed by atoms with Crippen LogP contribution in [0.15, 0.2) is 72.8 Å².